The molecule has 4 N–H and O–H groups in total. The van der Waals surface area contributed by atoms with Crippen LogP contribution in [0.1, 0.15) is 60.0 Å². The molecule has 4 bridgehead atoms. The molecular formula is C25H30N2O3. The summed E-state index contributed by atoms with van der Waals surface area (Å²) in [5.41, 5.74) is 8.47. The van der Waals surface area contributed by atoms with Crippen LogP contribution in [-0.2, 0) is 5.41 Å². The second-order valence-corrected chi connectivity index (χ2v) is 9.20. The fraction of sp³-hybridized carbons (Fsp3) is 0.440. The first-order valence-corrected chi connectivity index (χ1v) is 10.7. The molecule has 4 aliphatic carbocycles. The molecular weight excluding hydrogens is 376 g/mol. The summed E-state index contributed by atoms with van der Waals surface area (Å²) in [6.45, 7) is 0. The molecule has 0 saturated heterocycles. The molecule has 158 valence electrons. The molecule has 6 rings (SSSR count). The van der Waals surface area contributed by atoms with E-state index in [0.717, 1.165) is 29.1 Å². The minimum atomic E-state index is -0.879. The molecule has 2 aromatic rings. The van der Waals surface area contributed by atoms with Crippen molar-refractivity contribution < 1.29 is 14.6 Å². The fourth-order valence-corrected chi connectivity index (χ4v) is 6.31. The summed E-state index contributed by atoms with van der Waals surface area (Å²) in [7, 11) is 1.76. The maximum Gasteiger partial charge on any atom is 0.335 e. The summed E-state index contributed by atoms with van der Waals surface area (Å²) in [6, 6.07) is 14.3. The average molecular weight is 407 g/mol. The number of methoxy groups -OCH3 is 1. The van der Waals surface area contributed by atoms with Gasteiger partial charge in [0.1, 0.15) is 11.6 Å². The van der Waals surface area contributed by atoms with Crippen molar-refractivity contribution in [3.63, 3.8) is 0 Å². The van der Waals surface area contributed by atoms with E-state index in [-0.39, 0.29) is 11.3 Å². The van der Waals surface area contributed by atoms with Gasteiger partial charge in [-0.25, -0.2) is 4.79 Å². The van der Waals surface area contributed by atoms with Gasteiger partial charge in [0.05, 0.1) is 12.7 Å². The lowest BCUT2D eigenvalue weighted by Crippen LogP contribution is -2.48. The summed E-state index contributed by atoms with van der Waals surface area (Å²) < 4.78 is 5.66. The predicted molar refractivity (Wildman–Crippen MR) is 117 cm³/mol. The van der Waals surface area contributed by atoms with E-state index in [4.69, 9.17) is 21.0 Å². The third-order valence-corrected chi connectivity index (χ3v) is 7.14. The Hall–Kier alpha value is -2.82. The molecule has 30 heavy (non-hydrogen) atoms. The first kappa shape index (κ1) is 20.5. The summed E-state index contributed by atoms with van der Waals surface area (Å²) in [5.74, 6) is 2.98. The minimum Gasteiger partial charge on any atom is -0.496 e. The zero-order valence-electron chi connectivity index (χ0n) is 17.4. The van der Waals surface area contributed by atoms with Gasteiger partial charge < -0.3 is 15.6 Å². The number of carboxylic acids is 1. The maximum atomic E-state index is 10.2. The zero-order chi connectivity index (χ0) is 21.3. The quantitative estimate of drug-likeness (QED) is 0.500. The van der Waals surface area contributed by atoms with E-state index in [9.17, 15) is 4.79 Å². The highest BCUT2D eigenvalue weighted by Crippen LogP contribution is 2.61. The number of nitrogens with two attached hydrogens (primary N) is 1. The van der Waals surface area contributed by atoms with Gasteiger partial charge in [-0.05, 0) is 92.0 Å². The Labute approximate surface area is 177 Å². The van der Waals surface area contributed by atoms with Gasteiger partial charge in [-0.3, -0.25) is 5.41 Å². The molecule has 0 aromatic heterocycles. The Morgan fingerprint density at radius 2 is 1.57 bits per heavy atom. The second kappa shape index (κ2) is 8.13. The van der Waals surface area contributed by atoms with Crippen LogP contribution in [0.15, 0.2) is 48.5 Å². The van der Waals surface area contributed by atoms with Crippen molar-refractivity contribution in [2.75, 3.05) is 7.11 Å². The smallest absolute Gasteiger partial charge is 0.335 e. The van der Waals surface area contributed by atoms with Crippen LogP contribution in [0.4, 0.5) is 0 Å². The number of carboxylic acid groups (broad SMARTS) is 1. The Morgan fingerprint density at radius 3 is 2.00 bits per heavy atom. The molecule has 5 heteroatoms. The lowest BCUT2D eigenvalue weighted by molar-refractivity contribution is -0.00616. The zero-order valence-corrected chi connectivity index (χ0v) is 17.4. The number of benzene rings is 2. The summed E-state index contributed by atoms with van der Waals surface area (Å²) in [4.78, 5) is 10.2. The van der Waals surface area contributed by atoms with Crippen LogP contribution in [0.25, 0.3) is 0 Å². The van der Waals surface area contributed by atoms with Crippen LogP contribution >= 0.6 is 0 Å². The van der Waals surface area contributed by atoms with Crippen molar-refractivity contribution in [1.82, 2.24) is 0 Å². The Morgan fingerprint density at radius 1 is 1.00 bits per heavy atom. The molecule has 4 aliphatic rings. The van der Waals surface area contributed by atoms with Crippen LogP contribution < -0.4 is 10.5 Å². The van der Waals surface area contributed by atoms with Crippen molar-refractivity contribution in [1.29, 1.82) is 5.41 Å². The number of rotatable bonds is 4. The highest BCUT2D eigenvalue weighted by Gasteiger charge is 2.52. The van der Waals surface area contributed by atoms with Gasteiger partial charge in [-0.1, -0.05) is 18.2 Å². The van der Waals surface area contributed by atoms with Gasteiger partial charge in [-0.15, -0.1) is 0 Å². The third-order valence-electron chi connectivity index (χ3n) is 7.14. The van der Waals surface area contributed by atoms with E-state index in [1.165, 1.54) is 44.1 Å². The molecule has 0 radical (unpaired) electrons. The summed E-state index contributed by atoms with van der Waals surface area (Å²) >= 11 is 0. The number of nitrogen functional groups attached to an aromatic ring is 1. The Bertz CT molecular complexity index is 903. The standard InChI is InChI=1S/C18H24N2O.C7H6O2/c1-21-16-3-2-14(17(19)20)7-15(16)18-8-11-4-12(9-18)6-13(5-11)10-18;8-7(9)6-4-2-1-3-5-6/h2-3,7,11-13H,4-6,8-10H2,1H3,(H3,19,20);1-5H,(H,8,9). The summed E-state index contributed by atoms with van der Waals surface area (Å²) in [6.07, 6.45) is 8.22. The highest BCUT2D eigenvalue weighted by atomic mass is 16.5. The van der Waals surface area contributed by atoms with Gasteiger partial charge in [0.15, 0.2) is 0 Å². The van der Waals surface area contributed by atoms with Crippen LogP contribution in [0, 0.1) is 23.2 Å². The Kier molecular flexibility index (Phi) is 5.54. The second-order valence-electron chi connectivity index (χ2n) is 9.20. The lowest BCUT2D eigenvalue weighted by atomic mass is 9.48. The van der Waals surface area contributed by atoms with Crippen molar-refractivity contribution in [3.8, 4) is 5.75 Å². The van der Waals surface area contributed by atoms with Crippen molar-refractivity contribution >= 4 is 11.8 Å². The molecule has 0 unspecified atom stereocenters. The predicted octanol–water partition coefficient (Wildman–Crippen LogP) is 4.83. The SMILES string of the molecule is COc1ccc(C(=N)N)cc1C12CC3CC(CC(C3)C1)C2.O=C(O)c1ccccc1. The van der Waals surface area contributed by atoms with Crippen molar-refractivity contribution in [2.24, 2.45) is 23.5 Å². The molecule has 4 fully saturated rings. The Balaban J connectivity index is 0.000000204. The molecule has 5 nitrogen and oxygen atoms in total. The van der Waals surface area contributed by atoms with E-state index >= 15 is 0 Å². The number of amidine groups is 1. The highest BCUT2D eigenvalue weighted by molar-refractivity contribution is 5.95. The van der Waals surface area contributed by atoms with E-state index < -0.39 is 5.97 Å². The normalized spacial score (nSPS) is 28.4. The van der Waals surface area contributed by atoms with Crippen LogP contribution in [0.2, 0.25) is 0 Å². The summed E-state index contributed by atoms with van der Waals surface area (Å²) in [5, 5.41) is 16.1. The average Bonchev–Trinajstić information content (AvgIpc) is 2.73. The van der Waals surface area contributed by atoms with Crippen LogP contribution in [0.3, 0.4) is 0 Å². The van der Waals surface area contributed by atoms with Gasteiger partial charge in [0.2, 0.25) is 0 Å². The number of hydrogen-bond acceptors (Lipinski definition) is 3. The molecule has 0 atom stereocenters. The largest absolute Gasteiger partial charge is 0.496 e. The van der Waals surface area contributed by atoms with Gasteiger partial charge in [0, 0.05) is 11.1 Å². The van der Waals surface area contributed by atoms with E-state index in [0.29, 0.717) is 5.56 Å². The number of hydrogen-bond donors (Lipinski definition) is 3. The number of ether oxygens (including phenoxy) is 1. The maximum absolute atomic E-state index is 10.2. The molecule has 4 saturated carbocycles. The van der Waals surface area contributed by atoms with Gasteiger partial charge >= 0.3 is 5.97 Å². The first-order chi connectivity index (χ1) is 14.4. The topological polar surface area (TPSA) is 96.4 Å². The van der Waals surface area contributed by atoms with Crippen molar-refractivity contribution in [2.45, 2.75) is 43.9 Å². The van der Waals surface area contributed by atoms with Crippen LogP contribution in [-0.4, -0.2) is 24.0 Å². The van der Waals surface area contributed by atoms with Crippen molar-refractivity contribution in [3.05, 3.63) is 65.2 Å². The third kappa shape index (κ3) is 3.93. The monoisotopic (exact) mass is 406 g/mol. The molecule has 0 amide bonds. The molecule has 2 aromatic carbocycles. The van der Waals surface area contributed by atoms with Gasteiger partial charge in [0.25, 0.3) is 0 Å². The number of aromatic carboxylic acids is 1. The number of nitrogens with one attached hydrogen (secondary N) is 1. The molecule has 0 aliphatic heterocycles. The number of carbonyl (C=O) groups is 1. The fourth-order valence-electron chi connectivity index (χ4n) is 6.31. The van der Waals surface area contributed by atoms with E-state index in [1.54, 1.807) is 37.4 Å². The molecule has 0 heterocycles. The first-order valence-electron chi connectivity index (χ1n) is 10.7. The molecule has 0 spiro atoms. The van der Waals surface area contributed by atoms with E-state index in [1.807, 2.05) is 12.1 Å². The van der Waals surface area contributed by atoms with Crippen LogP contribution in [0.5, 0.6) is 5.75 Å². The lowest BCUT2D eigenvalue weighted by Gasteiger charge is -2.57. The van der Waals surface area contributed by atoms with Gasteiger partial charge in [-0.2, -0.15) is 0 Å². The minimum absolute atomic E-state index is 0.156. The van der Waals surface area contributed by atoms with E-state index in [2.05, 4.69) is 6.07 Å².